The summed E-state index contributed by atoms with van der Waals surface area (Å²) in [4.78, 5) is 49.9. The first-order valence-corrected chi connectivity index (χ1v) is 13.0. The number of alkyl halides is 1. The van der Waals surface area contributed by atoms with E-state index in [-0.39, 0.29) is 4.64 Å². The third-order valence-corrected chi connectivity index (χ3v) is 8.23. The number of aromatic nitrogens is 2. The van der Waals surface area contributed by atoms with Crippen molar-refractivity contribution in [2.75, 3.05) is 6.61 Å². The van der Waals surface area contributed by atoms with E-state index in [2.05, 4.69) is 18.1 Å². The lowest BCUT2D eigenvalue weighted by molar-refractivity contribution is -0.0449. The molecule has 172 valence electrons. The first-order valence-electron chi connectivity index (χ1n) is 7.59. The largest absolute Gasteiger partial charge is 0.490 e. The number of nitrogens with one attached hydrogen (secondary N) is 1. The molecule has 0 amide bonds. The molecule has 6 atom stereocenters. The van der Waals surface area contributed by atoms with E-state index in [9.17, 15) is 28.5 Å². The Morgan fingerprint density at radius 3 is 2.40 bits per heavy atom. The third kappa shape index (κ3) is 6.86. The molecule has 1 fully saturated rings. The summed E-state index contributed by atoms with van der Waals surface area (Å²) in [6, 6.07) is 0. The second kappa shape index (κ2) is 9.30. The molecular weight excluding hydrogens is 517 g/mol. The Morgan fingerprint density at radius 2 is 1.83 bits per heavy atom. The van der Waals surface area contributed by atoms with Gasteiger partial charge in [-0.2, -0.15) is 8.62 Å². The third-order valence-electron chi connectivity index (χ3n) is 3.53. The fraction of sp³-hybridized carbons (Fsp3) is 0.600. The van der Waals surface area contributed by atoms with E-state index in [1.165, 1.54) is 6.20 Å². The molecule has 1 aromatic heterocycles. The molecule has 15 nitrogen and oxygen atoms in total. The minimum Gasteiger partial charge on any atom is -0.389 e. The second-order valence-corrected chi connectivity index (χ2v) is 11.2. The van der Waals surface area contributed by atoms with Crippen LogP contribution in [0.3, 0.4) is 0 Å². The van der Waals surface area contributed by atoms with Gasteiger partial charge in [-0.1, -0.05) is 12.2 Å². The van der Waals surface area contributed by atoms with Crippen LogP contribution in [0.25, 0.3) is 0 Å². The average molecular weight is 533 g/mol. The van der Waals surface area contributed by atoms with Gasteiger partial charge >= 0.3 is 29.2 Å². The van der Waals surface area contributed by atoms with Crippen molar-refractivity contribution in [1.82, 2.24) is 9.55 Å². The van der Waals surface area contributed by atoms with E-state index >= 15 is 0 Å². The van der Waals surface area contributed by atoms with Crippen LogP contribution in [0.2, 0.25) is 0 Å². The van der Waals surface area contributed by atoms with Gasteiger partial charge in [-0.25, -0.2) is 18.5 Å². The fourth-order valence-electron chi connectivity index (χ4n) is 2.31. The van der Waals surface area contributed by atoms with Crippen LogP contribution in [-0.4, -0.2) is 58.4 Å². The predicted octanol–water partition coefficient (Wildman–Crippen LogP) is 0.423. The predicted molar refractivity (Wildman–Crippen MR) is 100.0 cm³/mol. The summed E-state index contributed by atoms with van der Waals surface area (Å²) in [5, 5.41) is 8.94. The highest BCUT2D eigenvalue weighted by molar-refractivity contribution is 7.71. The van der Waals surface area contributed by atoms with Crippen molar-refractivity contribution in [2.45, 2.75) is 30.7 Å². The van der Waals surface area contributed by atoms with Gasteiger partial charge in [-0.15, -0.1) is 11.6 Å². The summed E-state index contributed by atoms with van der Waals surface area (Å²) in [5.41, 5.74) is -0.217. The Kier molecular flexibility index (Phi) is 8.05. The maximum Gasteiger partial charge on any atom is 0.490 e. The Bertz CT molecular complexity index is 1050. The molecular formula is C10H16ClN2O13P3S. The van der Waals surface area contributed by atoms with E-state index < -0.39 is 59.6 Å². The van der Waals surface area contributed by atoms with Gasteiger partial charge in [-0.3, -0.25) is 14.1 Å². The molecule has 1 aliphatic heterocycles. The van der Waals surface area contributed by atoms with Crippen molar-refractivity contribution in [3.8, 4) is 0 Å². The molecule has 1 saturated heterocycles. The van der Waals surface area contributed by atoms with Crippen LogP contribution in [0.1, 0.15) is 11.8 Å². The van der Waals surface area contributed by atoms with Crippen LogP contribution in [0, 0.1) is 11.6 Å². The van der Waals surface area contributed by atoms with Crippen molar-refractivity contribution < 1.29 is 56.3 Å². The molecule has 0 bridgehead atoms. The van der Waals surface area contributed by atoms with Crippen LogP contribution >= 0.6 is 47.3 Å². The fourth-order valence-corrected chi connectivity index (χ4v) is 5.82. The molecule has 0 saturated carbocycles. The maximum atomic E-state index is 12.1. The number of aromatic amines is 1. The van der Waals surface area contributed by atoms with Gasteiger partial charge in [0, 0.05) is 11.8 Å². The normalized spacial score (nSPS) is 28.8. The lowest BCUT2D eigenvalue weighted by atomic mass is 10.2. The Balaban J connectivity index is 2.09. The summed E-state index contributed by atoms with van der Waals surface area (Å²) in [5.74, 6) is 0. The van der Waals surface area contributed by atoms with Gasteiger partial charge in [0.1, 0.15) is 22.2 Å². The zero-order valence-electron chi connectivity index (χ0n) is 14.7. The van der Waals surface area contributed by atoms with E-state index in [1.54, 1.807) is 6.92 Å². The Labute approximate surface area is 177 Å². The number of phosphoric ester groups is 1. The van der Waals surface area contributed by atoms with Gasteiger partial charge in [0.05, 0.1) is 6.61 Å². The monoisotopic (exact) mass is 532 g/mol. The standard InChI is InChI=1S/C10H16ClN2O13P3S/c1-4-2-13(10(15)12-8(4)30)9-6(11)7(14)5(24-9)3-23-28(19,20)26-29(21,22)25-27(16,17)18/h2,5-7,9,14H,3H2,1H3,(H,19,20)(H,21,22)(H,12,15,30)(H2,16,17,18)/t5-,6+,7?,9-/m0/s1. The van der Waals surface area contributed by atoms with Gasteiger partial charge in [0.2, 0.25) is 0 Å². The Morgan fingerprint density at radius 1 is 1.23 bits per heavy atom. The van der Waals surface area contributed by atoms with Crippen LogP contribution < -0.4 is 5.69 Å². The van der Waals surface area contributed by atoms with Gasteiger partial charge < -0.3 is 29.4 Å². The minimum absolute atomic E-state index is 0.171. The average Bonchev–Trinajstić information content (AvgIpc) is 2.81. The molecule has 0 spiro atoms. The maximum absolute atomic E-state index is 12.1. The number of rotatable bonds is 8. The van der Waals surface area contributed by atoms with Crippen LogP contribution in [0.15, 0.2) is 11.0 Å². The lowest BCUT2D eigenvalue weighted by Crippen LogP contribution is -2.33. The SMILES string of the molecule is Cc1cn([C@H]2O[C@@H](COP(=O)(O)OP(=O)(O)OP(=O)(O)O)C(O)[C@H]2Cl)c(=O)[nH]c1=S. The first-order chi connectivity index (χ1) is 13.5. The number of phosphoric acid groups is 3. The summed E-state index contributed by atoms with van der Waals surface area (Å²) in [7, 11) is -16.6. The molecule has 30 heavy (non-hydrogen) atoms. The molecule has 0 aliphatic carbocycles. The number of nitrogens with zero attached hydrogens (tertiary/aromatic N) is 1. The van der Waals surface area contributed by atoms with Crippen molar-refractivity contribution in [3.63, 3.8) is 0 Å². The van der Waals surface area contributed by atoms with E-state index in [0.717, 1.165) is 4.57 Å². The highest BCUT2D eigenvalue weighted by atomic mass is 35.5. The smallest absolute Gasteiger partial charge is 0.389 e. The van der Waals surface area contributed by atoms with Crippen molar-refractivity contribution in [1.29, 1.82) is 0 Å². The molecule has 2 heterocycles. The number of halogens is 1. The van der Waals surface area contributed by atoms with Crippen LogP contribution in [0.5, 0.6) is 0 Å². The van der Waals surface area contributed by atoms with Crippen LogP contribution in [0.4, 0.5) is 0 Å². The lowest BCUT2D eigenvalue weighted by Gasteiger charge is -2.19. The number of aryl methyl sites for hydroxylation is 1. The molecule has 20 heteroatoms. The van der Waals surface area contributed by atoms with Gasteiger partial charge in [0.25, 0.3) is 0 Å². The molecule has 1 aliphatic rings. The molecule has 1 aromatic rings. The summed E-state index contributed by atoms with van der Waals surface area (Å²) in [6.45, 7) is 0.664. The zero-order chi connectivity index (χ0) is 23.1. The topological polar surface area (TPSA) is 227 Å². The molecule has 0 aromatic carbocycles. The Hall–Kier alpha value is -0.280. The summed E-state index contributed by atoms with van der Waals surface area (Å²) in [6.07, 6.45) is -2.86. The number of aliphatic hydroxyl groups is 1. The molecule has 2 rings (SSSR count). The van der Waals surface area contributed by atoms with E-state index in [0.29, 0.717) is 5.56 Å². The minimum atomic E-state index is -5.69. The highest BCUT2D eigenvalue weighted by Gasteiger charge is 2.46. The number of hydrogen-bond donors (Lipinski definition) is 6. The number of ether oxygens (including phenoxy) is 1. The second-order valence-electron chi connectivity index (χ2n) is 5.87. The first kappa shape index (κ1) is 26.0. The van der Waals surface area contributed by atoms with Crippen LogP contribution in [-0.2, 0) is 31.6 Å². The molecule has 0 radical (unpaired) electrons. The van der Waals surface area contributed by atoms with Gasteiger partial charge in [-0.05, 0) is 6.92 Å². The number of aliphatic hydroxyl groups excluding tert-OH is 1. The van der Waals surface area contributed by atoms with Gasteiger partial charge in [0.15, 0.2) is 6.23 Å². The molecule has 3 unspecified atom stereocenters. The van der Waals surface area contributed by atoms with Crippen molar-refractivity contribution >= 4 is 47.3 Å². The number of hydrogen-bond acceptors (Lipinski definition) is 10. The van der Waals surface area contributed by atoms with Crippen molar-refractivity contribution in [3.05, 3.63) is 26.9 Å². The summed E-state index contributed by atoms with van der Waals surface area (Å²) < 4.78 is 51.7. The van der Waals surface area contributed by atoms with E-state index in [1.807, 2.05) is 0 Å². The number of H-pyrrole nitrogens is 1. The highest BCUT2D eigenvalue weighted by Crippen LogP contribution is 2.66. The molecule has 6 N–H and O–H groups in total. The van der Waals surface area contributed by atoms with Crippen molar-refractivity contribution in [2.24, 2.45) is 0 Å². The quantitative estimate of drug-likeness (QED) is 0.151. The summed E-state index contributed by atoms with van der Waals surface area (Å²) >= 11 is 11.0. The zero-order valence-corrected chi connectivity index (χ0v) is 18.9. The van der Waals surface area contributed by atoms with E-state index in [4.69, 9.17) is 43.2 Å².